The molecule has 0 fully saturated rings. The number of nitrogens with zero attached hydrogens (tertiary/aromatic N) is 3. The van der Waals surface area contributed by atoms with E-state index in [0.717, 1.165) is 5.72 Å². The standard InChI is InChI=1S/C40H56BN3/c1-25(2)32-17-15-18-33(26(3)4)37(32)43-22-21-42-39(43)41(36-30(10)23-29(9)24-31(36)11)44(40(12,13)14)38-34(27(5)6)19-16-20-35(38)28(7)8/h15-28H,1-14H3. The molecule has 0 aliphatic rings. The van der Waals surface area contributed by atoms with Gasteiger partial charge in [0.05, 0.1) is 5.69 Å². The smallest absolute Gasteiger partial charge is 0.367 e. The number of hydrogen-bond donors (Lipinski definition) is 0. The van der Waals surface area contributed by atoms with Gasteiger partial charge in [0.1, 0.15) is 5.72 Å². The van der Waals surface area contributed by atoms with Gasteiger partial charge in [0, 0.05) is 23.6 Å². The third kappa shape index (κ3) is 6.41. The molecule has 0 aliphatic heterocycles. The van der Waals surface area contributed by atoms with E-state index in [4.69, 9.17) is 4.98 Å². The van der Waals surface area contributed by atoms with Crippen LogP contribution in [-0.2, 0) is 0 Å². The highest BCUT2D eigenvalue weighted by molar-refractivity contribution is 6.88. The summed E-state index contributed by atoms with van der Waals surface area (Å²) in [5.74, 6) is 1.52. The molecule has 4 heteroatoms. The first-order valence-electron chi connectivity index (χ1n) is 16.7. The van der Waals surface area contributed by atoms with Gasteiger partial charge in [-0.3, -0.25) is 0 Å². The van der Waals surface area contributed by atoms with Crippen LogP contribution in [-0.4, -0.2) is 21.9 Å². The van der Waals surface area contributed by atoms with Crippen LogP contribution in [0.3, 0.4) is 0 Å². The van der Waals surface area contributed by atoms with E-state index in [9.17, 15) is 0 Å². The van der Waals surface area contributed by atoms with E-state index in [0.29, 0.717) is 23.7 Å². The van der Waals surface area contributed by atoms with Gasteiger partial charge in [0.15, 0.2) is 0 Å². The number of aromatic nitrogens is 2. The third-order valence-electron chi connectivity index (χ3n) is 9.07. The summed E-state index contributed by atoms with van der Waals surface area (Å²) in [5.41, 5.74) is 14.3. The van der Waals surface area contributed by atoms with Gasteiger partial charge in [0.2, 0.25) is 0 Å². The number of para-hydroxylation sites is 2. The molecule has 4 rings (SSSR count). The van der Waals surface area contributed by atoms with Gasteiger partial charge >= 0.3 is 6.85 Å². The van der Waals surface area contributed by atoms with Crippen LogP contribution in [0, 0.1) is 20.8 Å². The molecule has 0 atom stereocenters. The van der Waals surface area contributed by atoms with E-state index in [1.54, 1.807) is 0 Å². The minimum Gasteiger partial charge on any atom is -0.399 e. The second-order valence-electron chi connectivity index (χ2n) is 15.1. The molecule has 3 aromatic carbocycles. The summed E-state index contributed by atoms with van der Waals surface area (Å²) in [6.07, 6.45) is 4.22. The lowest BCUT2D eigenvalue weighted by molar-refractivity contribution is 0.573. The number of benzene rings is 3. The van der Waals surface area contributed by atoms with Crippen LogP contribution in [0.25, 0.3) is 5.69 Å². The monoisotopic (exact) mass is 589 g/mol. The van der Waals surface area contributed by atoms with E-state index in [2.05, 4.69) is 161 Å². The molecule has 1 heterocycles. The molecule has 0 bridgehead atoms. The second-order valence-corrected chi connectivity index (χ2v) is 15.1. The first-order valence-corrected chi connectivity index (χ1v) is 16.7. The zero-order valence-electron chi connectivity index (χ0n) is 30.0. The highest BCUT2D eigenvalue weighted by atomic mass is 15.2. The third-order valence-corrected chi connectivity index (χ3v) is 9.07. The Morgan fingerprint density at radius 2 is 1.11 bits per heavy atom. The van der Waals surface area contributed by atoms with Crippen LogP contribution in [0.2, 0.25) is 0 Å². The maximum atomic E-state index is 5.31. The SMILES string of the molecule is Cc1cc(C)c(B(c2nccn2-c2c(C(C)C)cccc2C(C)C)N(c2c(C(C)C)cccc2C(C)C)C(C)(C)C)c(C)c1. The Morgan fingerprint density at radius 3 is 1.52 bits per heavy atom. The number of aryl methyl sites for hydroxylation is 3. The molecular formula is C40H56BN3. The maximum Gasteiger partial charge on any atom is 0.367 e. The molecular weight excluding hydrogens is 533 g/mol. The van der Waals surface area contributed by atoms with E-state index < -0.39 is 0 Å². The number of imidazole rings is 1. The van der Waals surface area contributed by atoms with Gasteiger partial charge in [-0.15, -0.1) is 0 Å². The lowest BCUT2D eigenvalue weighted by Crippen LogP contribution is -2.66. The highest BCUT2D eigenvalue weighted by Crippen LogP contribution is 2.40. The fourth-order valence-corrected chi connectivity index (χ4v) is 7.13. The summed E-state index contributed by atoms with van der Waals surface area (Å²) in [6, 6.07) is 18.5. The Bertz CT molecular complexity index is 1520. The van der Waals surface area contributed by atoms with Crippen LogP contribution in [0.1, 0.15) is 139 Å². The summed E-state index contributed by atoms with van der Waals surface area (Å²) >= 11 is 0. The minimum atomic E-state index is -0.210. The van der Waals surface area contributed by atoms with Crippen LogP contribution in [0.15, 0.2) is 60.9 Å². The van der Waals surface area contributed by atoms with Gasteiger partial charge in [-0.05, 0) is 92.9 Å². The molecule has 1 aromatic heterocycles. The summed E-state index contributed by atoms with van der Waals surface area (Å²) in [5, 5.41) is 0. The van der Waals surface area contributed by atoms with Crippen molar-refractivity contribution in [1.82, 2.24) is 9.55 Å². The lowest BCUT2D eigenvalue weighted by Gasteiger charge is -2.46. The highest BCUT2D eigenvalue weighted by Gasteiger charge is 2.42. The first-order chi connectivity index (χ1) is 20.6. The molecule has 44 heavy (non-hydrogen) atoms. The molecule has 0 aliphatic carbocycles. The molecule has 0 saturated carbocycles. The first kappa shape index (κ1) is 33.6. The summed E-state index contributed by atoms with van der Waals surface area (Å²) in [7, 11) is 0. The average Bonchev–Trinajstić information content (AvgIpc) is 3.39. The van der Waals surface area contributed by atoms with Crippen molar-refractivity contribution in [3.05, 3.63) is 99.9 Å². The molecule has 4 aromatic rings. The Labute approximate surface area is 269 Å². The summed E-state index contributed by atoms with van der Waals surface area (Å²) < 4.78 is 2.43. The zero-order chi connectivity index (χ0) is 32.7. The van der Waals surface area contributed by atoms with Crippen LogP contribution >= 0.6 is 0 Å². The zero-order valence-corrected chi connectivity index (χ0v) is 30.0. The summed E-state index contributed by atoms with van der Waals surface area (Å²) in [4.78, 5) is 8.02. The van der Waals surface area contributed by atoms with Crippen molar-refractivity contribution in [2.45, 2.75) is 126 Å². The lowest BCUT2D eigenvalue weighted by atomic mass is 9.48. The number of anilines is 1. The topological polar surface area (TPSA) is 21.1 Å². The Morgan fingerprint density at radius 1 is 0.682 bits per heavy atom. The minimum absolute atomic E-state index is 0.108. The fourth-order valence-electron chi connectivity index (χ4n) is 7.13. The second kappa shape index (κ2) is 13.0. The average molecular weight is 590 g/mol. The summed E-state index contributed by atoms with van der Waals surface area (Å²) in [6.45, 7) is 32.3. The van der Waals surface area contributed by atoms with Crippen LogP contribution in [0.5, 0.6) is 0 Å². The van der Waals surface area contributed by atoms with Gasteiger partial charge < -0.3 is 9.38 Å². The molecule has 0 spiro atoms. The Hall–Kier alpha value is -3.27. The molecule has 0 unspecified atom stereocenters. The van der Waals surface area contributed by atoms with Crippen LogP contribution < -0.4 is 16.0 Å². The van der Waals surface area contributed by atoms with Crippen molar-refractivity contribution in [1.29, 1.82) is 0 Å². The molecule has 234 valence electrons. The largest absolute Gasteiger partial charge is 0.399 e. The van der Waals surface area contributed by atoms with Crippen molar-refractivity contribution in [3.8, 4) is 5.69 Å². The van der Waals surface area contributed by atoms with Gasteiger partial charge in [-0.2, -0.15) is 0 Å². The molecule has 0 amide bonds. The fraction of sp³-hybridized carbons (Fsp3) is 0.475. The molecule has 0 radical (unpaired) electrons. The van der Waals surface area contributed by atoms with E-state index >= 15 is 0 Å². The number of hydrogen-bond acceptors (Lipinski definition) is 2. The van der Waals surface area contributed by atoms with Crippen molar-refractivity contribution in [3.63, 3.8) is 0 Å². The van der Waals surface area contributed by atoms with Gasteiger partial charge in [-0.25, -0.2) is 4.98 Å². The quantitative estimate of drug-likeness (QED) is 0.181. The maximum absolute atomic E-state index is 5.31. The molecule has 0 N–H and O–H groups in total. The van der Waals surface area contributed by atoms with Crippen molar-refractivity contribution in [2.75, 3.05) is 4.81 Å². The van der Waals surface area contributed by atoms with E-state index in [-0.39, 0.29) is 12.4 Å². The Balaban J connectivity index is 2.22. The van der Waals surface area contributed by atoms with Gasteiger partial charge in [0.25, 0.3) is 0 Å². The normalized spacial score (nSPS) is 12.2. The number of rotatable bonds is 9. The molecule has 3 nitrogen and oxygen atoms in total. The Kier molecular flexibility index (Phi) is 9.93. The van der Waals surface area contributed by atoms with E-state index in [1.165, 1.54) is 55.8 Å². The van der Waals surface area contributed by atoms with Crippen molar-refractivity contribution >= 4 is 23.7 Å². The predicted octanol–water partition coefficient (Wildman–Crippen LogP) is 9.70. The predicted molar refractivity (Wildman–Crippen MR) is 194 cm³/mol. The van der Waals surface area contributed by atoms with Crippen LogP contribution in [0.4, 0.5) is 5.69 Å². The van der Waals surface area contributed by atoms with Crippen molar-refractivity contribution < 1.29 is 0 Å². The molecule has 0 saturated heterocycles. The van der Waals surface area contributed by atoms with Crippen molar-refractivity contribution in [2.24, 2.45) is 0 Å². The van der Waals surface area contributed by atoms with E-state index in [1.807, 2.05) is 6.20 Å². The van der Waals surface area contributed by atoms with Gasteiger partial charge in [-0.1, -0.05) is 121 Å².